The van der Waals surface area contributed by atoms with E-state index in [1.165, 1.54) is 7.11 Å². The van der Waals surface area contributed by atoms with Gasteiger partial charge in [-0.3, -0.25) is 4.79 Å². The summed E-state index contributed by atoms with van der Waals surface area (Å²) in [6.45, 7) is 1.70. The first kappa shape index (κ1) is 15.9. The fourth-order valence-electron chi connectivity index (χ4n) is 1.34. The molecule has 112 valence electrons. The number of carbonyl (C=O) groups excluding carboxylic acids is 1. The van der Waals surface area contributed by atoms with Gasteiger partial charge in [-0.2, -0.15) is 0 Å². The van der Waals surface area contributed by atoms with Crippen LogP contribution in [0, 0.1) is 0 Å². The van der Waals surface area contributed by atoms with E-state index >= 15 is 0 Å². The SMILES string of the molecule is CCOC(=O)Cc1nc(OC(F)(F)F)c(O)cc1OC. The number of esters is 1. The Kier molecular flexibility index (Phi) is 5.00. The molecule has 1 aromatic heterocycles. The van der Waals surface area contributed by atoms with E-state index in [1.54, 1.807) is 6.92 Å². The van der Waals surface area contributed by atoms with E-state index in [0.717, 1.165) is 6.07 Å². The Balaban J connectivity index is 3.08. The average molecular weight is 295 g/mol. The van der Waals surface area contributed by atoms with Gasteiger partial charge in [0.2, 0.25) is 0 Å². The van der Waals surface area contributed by atoms with Gasteiger partial charge in [0.05, 0.1) is 25.8 Å². The molecule has 1 rings (SSSR count). The average Bonchev–Trinajstić information content (AvgIpc) is 2.31. The fraction of sp³-hybridized carbons (Fsp3) is 0.455. The molecular formula is C11H12F3NO5. The molecule has 0 aliphatic carbocycles. The van der Waals surface area contributed by atoms with Gasteiger partial charge in [-0.1, -0.05) is 0 Å². The maximum atomic E-state index is 12.1. The molecule has 0 aromatic carbocycles. The largest absolute Gasteiger partial charge is 0.574 e. The van der Waals surface area contributed by atoms with Gasteiger partial charge < -0.3 is 19.3 Å². The van der Waals surface area contributed by atoms with Crippen LogP contribution in [0.25, 0.3) is 0 Å². The standard InChI is InChI=1S/C11H12F3NO5/c1-3-19-9(17)4-6-8(18-2)5-7(16)10(15-6)20-11(12,13)14/h5,16H,3-4H2,1-2H3. The van der Waals surface area contributed by atoms with Gasteiger partial charge in [0, 0.05) is 6.07 Å². The Hall–Kier alpha value is -2.19. The van der Waals surface area contributed by atoms with Crippen molar-refractivity contribution in [3.63, 3.8) is 0 Å². The van der Waals surface area contributed by atoms with Crippen molar-refractivity contribution >= 4 is 5.97 Å². The van der Waals surface area contributed by atoms with E-state index in [9.17, 15) is 23.1 Å². The highest BCUT2D eigenvalue weighted by Crippen LogP contribution is 2.34. The molecule has 0 aliphatic rings. The van der Waals surface area contributed by atoms with E-state index < -0.39 is 30.4 Å². The smallest absolute Gasteiger partial charge is 0.503 e. The molecule has 9 heteroatoms. The summed E-state index contributed by atoms with van der Waals surface area (Å²) in [5.41, 5.74) is -0.136. The number of halogens is 3. The zero-order chi connectivity index (χ0) is 15.3. The van der Waals surface area contributed by atoms with Crippen molar-refractivity contribution in [1.82, 2.24) is 4.98 Å². The van der Waals surface area contributed by atoms with Gasteiger partial charge in [-0.05, 0) is 6.92 Å². The normalized spacial score (nSPS) is 11.1. The van der Waals surface area contributed by atoms with Gasteiger partial charge in [0.1, 0.15) is 5.75 Å². The maximum absolute atomic E-state index is 12.1. The molecule has 0 radical (unpaired) electrons. The second-order valence-electron chi connectivity index (χ2n) is 3.49. The molecule has 1 heterocycles. The molecule has 1 aromatic rings. The third-order valence-corrected chi connectivity index (χ3v) is 2.06. The monoisotopic (exact) mass is 295 g/mol. The van der Waals surface area contributed by atoms with Crippen molar-refractivity contribution in [2.24, 2.45) is 0 Å². The van der Waals surface area contributed by atoms with Crippen molar-refractivity contribution in [2.75, 3.05) is 13.7 Å². The molecule has 0 atom stereocenters. The third kappa shape index (κ3) is 4.48. The van der Waals surface area contributed by atoms with E-state index in [4.69, 9.17) is 4.74 Å². The van der Waals surface area contributed by atoms with Crippen LogP contribution in [0.4, 0.5) is 13.2 Å². The summed E-state index contributed by atoms with van der Waals surface area (Å²) in [7, 11) is 1.22. The first-order valence-electron chi connectivity index (χ1n) is 5.45. The van der Waals surface area contributed by atoms with Gasteiger partial charge in [-0.25, -0.2) is 4.98 Å². The zero-order valence-electron chi connectivity index (χ0n) is 10.7. The van der Waals surface area contributed by atoms with Crippen LogP contribution in [0.15, 0.2) is 6.07 Å². The Bertz CT molecular complexity index is 490. The number of rotatable bonds is 5. The molecule has 20 heavy (non-hydrogen) atoms. The number of alkyl halides is 3. The summed E-state index contributed by atoms with van der Waals surface area (Å²) >= 11 is 0. The molecule has 0 spiro atoms. The number of ether oxygens (including phenoxy) is 3. The van der Waals surface area contributed by atoms with Gasteiger partial charge >= 0.3 is 12.3 Å². The van der Waals surface area contributed by atoms with E-state index in [-0.39, 0.29) is 18.1 Å². The molecule has 0 aliphatic heterocycles. The predicted octanol–water partition coefficient (Wildman–Crippen LogP) is 1.80. The minimum atomic E-state index is -5.01. The van der Waals surface area contributed by atoms with Crippen LogP contribution < -0.4 is 9.47 Å². The molecule has 0 saturated carbocycles. The van der Waals surface area contributed by atoms with E-state index in [2.05, 4.69) is 14.5 Å². The lowest BCUT2D eigenvalue weighted by atomic mass is 10.2. The lowest BCUT2D eigenvalue weighted by molar-refractivity contribution is -0.276. The topological polar surface area (TPSA) is 77.9 Å². The second-order valence-corrected chi connectivity index (χ2v) is 3.49. The number of aromatic hydroxyl groups is 1. The molecule has 6 nitrogen and oxygen atoms in total. The van der Waals surface area contributed by atoms with Crippen molar-refractivity contribution in [1.29, 1.82) is 0 Å². The van der Waals surface area contributed by atoms with Crippen molar-refractivity contribution in [3.8, 4) is 17.4 Å². The van der Waals surface area contributed by atoms with Gasteiger partial charge in [-0.15, -0.1) is 13.2 Å². The number of hydrogen-bond acceptors (Lipinski definition) is 6. The Morgan fingerprint density at radius 3 is 2.60 bits per heavy atom. The van der Waals surface area contributed by atoms with Crippen LogP contribution in [0.2, 0.25) is 0 Å². The first-order valence-corrected chi connectivity index (χ1v) is 5.45. The van der Waals surface area contributed by atoms with E-state index in [0.29, 0.717) is 0 Å². The maximum Gasteiger partial charge on any atom is 0.574 e. The lowest BCUT2D eigenvalue weighted by Crippen LogP contribution is -2.19. The number of carbonyl (C=O) groups is 1. The molecule has 0 amide bonds. The zero-order valence-corrected chi connectivity index (χ0v) is 10.7. The third-order valence-electron chi connectivity index (χ3n) is 2.06. The molecular weight excluding hydrogens is 283 g/mol. The summed E-state index contributed by atoms with van der Waals surface area (Å²) in [5, 5.41) is 9.36. The highest BCUT2D eigenvalue weighted by Gasteiger charge is 2.33. The van der Waals surface area contributed by atoms with Crippen LogP contribution in [-0.2, 0) is 16.0 Å². The molecule has 0 saturated heterocycles. The lowest BCUT2D eigenvalue weighted by Gasteiger charge is -2.13. The van der Waals surface area contributed by atoms with Crippen molar-refractivity contribution in [2.45, 2.75) is 19.7 Å². The Morgan fingerprint density at radius 1 is 1.45 bits per heavy atom. The van der Waals surface area contributed by atoms with Crippen LogP contribution in [0.3, 0.4) is 0 Å². The minimum absolute atomic E-state index is 0.0509. The summed E-state index contributed by atoms with van der Waals surface area (Å²) < 4.78 is 49.4. The van der Waals surface area contributed by atoms with Crippen molar-refractivity contribution in [3.05, 3.63) is 11.8 Å². The van der Waals surface area contributed by atoms with Crippen LogP contribution in [0.1, 0.15) is 12.6 Å². The van der Waals surface area contributed by atoms with Crippen LogP contribution in [0.5, 0.6) is 17.4 Å². The van der Waals surface area contributed by atoms with Crippen LogP contribution >= 0.6 is 0 Å². The summed E-state index contributed by atoms with van der Waals surface area (Å²) in [6.07, 6.45) is -5.42. The van der Waals surface area contributed by atoms with Crippen molar-refractivity contribution < 1.29 is 37.3 Å². The molecule has 0 bridgehead atoms. The molecule has 1 N–H and O–H groups in total. The van der Waals surface area contributed by atoms with Gasteiger partial charge in [0.25, 0.3) is 5.88 Å². The highest BCUT2D eigenvalue weighted by atomic mass is 19.4. The Morgan fingerprint density at radius 2 is 2.10 bits per heavy atom. The predicted molar refractivity (Wildman–Crippen MR) is 59.5 cm³/mol. The van der Waals surface area contributed by atoms with E-state index in [1.807, 2.05) is 0 Å². The first-order chi connectivity index (χ1) is 9.26. The molecule has 0 fully saturated rings. The summed E-state index contributed by atoms with van der Waals surface area (Å²) in [6, 6.07) is 0.878. The summed E-state index contributed by atoms with van der Waals surface area (Å²) in [5.74, 6) is -2.66. The minimum Gasteiger partial charge on any atom is -0.503 e. The molecule has 0 unspecified atom stereocenters. The van der Waals surface area contributed by atoms with Gasteiger partial charge in [0.15, 0.2) is 5.75 Å². The fourth-order valence-corrected chi connectivity index (χ4v) is 1.34. The second kappa shape index (κ2) is 6.31. The quantitative estimate of drug-likeness (QED) is 0.835. The Labute approximate surface area is 112 Å². The number of methoxy groups -OCH3 is 1. The number of aromatic nitrogens is 1. The number of nitrogens with zero attached hydrogens (tertiary/aromatic N) is 1. The van der Waals surface area contributed by atoms with Crippen LogP contribution in [-0.4, -0.2) is 36.1 Å². The summed E-state index contributed by atoms with van der Waals surface area (Å²) in [4.78, 5) is 14.8. The highest BCUT2D eigenvalue weighted by molar-refractivity contribution is 5.73. The number of pyridine rings is 1. The number of hydrogen-bond donors (Lipinski definition) is 1.